The van der Waals surface area contributed by atoms with Gasteiger partial charge in [0.25, 0.3) is 0 Å². The minimum atomic E-state index is -0.288. The van der Waals surface area contributed by atoms with Crippen molar-refractivity contribution in [2.24, 2.45) is 0 Å². The van der Waals surface area contributed by atoms with Gasteiger partial charge in [-0.25, -0.2) is 4.39 Å². The van der Waals surface area contributed by atoms with Gasteiger partial charge in [-0.2, -0.15) is 0 Å². The molecule has 20 heavy (non-hydrogen) atoms. The molecule has 0 aliphatic carbocycles. The lowest BCUT2D eigenvalue weighted by Crippen LogP contribution is -1.93. The van der Waals surface area contributed by atoms with Crippen LogP contribution in [0, 0.1) is 12.7 Å². The van der Waals surface area contributed by atoms with Crippen molar-refractivity contribution in [2.45, 2.75) is 6.92 Å². The zero-order valence-electron chi connectivity index (χ0n) is 10.8. The molecule has 0 aliphatic heterocycles. The van der Waals surface area contributed by atoms with E-state index in [1.807, 2.05) is 31.2 Å². The summed E-state index contributed by atoms with van der Waals surface area (Å²) in [6, 6.07) is 12.2. The van der Waals surface area contributed by atoms with E-state index in [0.29, 0.717) is 5.52 Å². The van der Waals surface area contributed by atoms with E-state index in [-0.39, 0.29) is 5.82 Å². The number of nitrogens with zero attached hydrogens (tertiary/aromatic N) is 1. The van der Waals surface area contributed by atoms with Crippen molar-refractivity contribution in [3.63, 3.8) is 0 Å². The van der Waals surface area contributed by atoms with E-state index in [4.69, 9.17) is 11.6 Å². The Morgan fingerprint density at radius 1 is 1.10 bits per heavy atom. The number of fused-ring (bicyclic) bond motifs is 1. The molecule has 0 radical (unpaired) electrons. The minimum Gasteiger partial charge on any atom is -0.355 e. The second-order valence-corrected chi connectivity index (χ2v) is 5.02. The standard InChI is InChI=1S/C16H12ClFN2/c1-10-8-12(3-5-14(10)17)20-15-6-7-19-16-9-11(18)2-4-13(15)16/h2-9H,1H3,(H,19,20). The Morgan fingerprint density at radius 3 is 2.75 bits per heavy atom. The summed E-state index contributed by atoms with van der Waals surface area (Å²) < 4.78 is 13.2. The lowest BCUT2D eigenvalue weighted by Gasteiger charge is -2.10. The zero-order chi connectivity index (χ0) is 14.1. The summed E-state index contributed by atoms with van der Waals surface area (Å²) >= 11 is 6.02. The number of hydrogen-bond donors (Lipinski definition) is 1. The van der Waals surface area contributed by atoms with Crippen LogP contribution in [-0.4, -0.2) is 4.98 Å². The molecule has 3 aromatic rings. The Balaban J connectivity index is 2.04. The fraction of sp³-hybridized carbons (Fsp3) is 0.0625. The number of rotatable bonds is 2. The van der Waals surface area contributed by atoms with E-state index in [0.717, 1.165) is 27.3 Å². The van der Waals surface area contributed by atoms with Crippen LogP contribution >= 0.6 is 11.6 Å². The molecule has 0 unspecified atom stereocenters. The van der Waals surface area contributed by atoms with Gasteiger partial charge < -0.3 is 5.32 Å². The number of pyridine rings is 1. The molecule has 0 fully saturated rings. The topological polar surface area (TPSA) is 24.9 Å². The molecule has 0 saturated heterocycles. The van der Waals surface area contributed by atoms with E-state index in [1.54, 1.807) is 12.3 Å². The van der Waals surface area contributed by atoms with Gasteiger partial charge in [0.2, 0.25) is 0 Å². The molecule has 2 aromatic carbocycles. The fourth-order valence-corrected chi connectivity index (χ4v) is 2.23. The lowest BCUT2D eigenvalue weighted by molar-refractivity contribution is 0.629. The van der Waals surface area contributed by atoms with Crippen LogP contribution in [-0.2, 0) is 0 Å². The van der Waals surface area contributed by atoms with E-state index < -0.39 is 0 Å². The van der Waals surface area contributed by atoms with Crippen LogP contribution in [0.25, 0.3) is 10.9 Å². The molecule has 0 spiro atoms. The zero-order valence-corrected chi connectivity index (χ0v) is 11.6. The Bertz CT molecular complexity index is 787. The van der Waals surface area contributed by atoms with Gasteiger partial charge in [-0.1, -0.05) is 11.6 Å². The maximum atomic E-state index is 13.2. The Hall–Kier alpha value is -2.13. The van der Waals surface area contributed by atoms with Crippen LogP contribution in [0.3, 0.4) is 0 Å². The smallest absolute Gasteiger partial charge is 0.125 e. The molecule has 3 rings (SSSR count). The van der Waals surface area contributed by atoms with Crippen LogP contribution in [0.15, 0.2) is 48.7 Å². The number of anilines is 2. The molecule has 2 nitrogen and oxygen atoms in total. The Labute approximate surface area is 121 Å². The summed E-state index contributed by atoms with van der Waals surface area (Å²) in [4.78, 5) is 4.17. The molecule has 0 atom stereocenters. The van der Waals surface area contributed by atoms with Gasteiger partial charge in [-0.05, 0) is 48.9 Å². The van der Waals surface area contributed by atoms with Gasteiger partial charge in [0.15, 0.2) is 0 Å². The maximum absolute atomic E-state index is 13.2. The molecule has 100 valence electrons. The molecule has 0 aliphatic rings. The van der Waals surface area contributed by atoms with Gasteiger partial charge in [-0.15, -0.1) is 0 Å². The lowest BCUT2D eigenvalue weighted by atomic mass is 10.1. The number of nitrogens with one attached hydrogen (secondary N) is 1. The largest absolute Gasteiger partial charge is 0.355 e. The second kappa shape index (κ2) is 5.10. The van der Waals surface area contributed by atoms with E-state index in [9.17, 15) is 4.39 Å². The summed E-state index contributed by atoms with van der Waals surface area (Å²) in [7, 11) is 0. The summed E-state index contributed by atoms with van der Waals surface area (Å²) in [5.41, 5.74) is 3.45. The first-order valence-electron chi connectivity index (χ1n) is 6.21. The van der Waals surface area contributed by atoms with Crippen LogP contribution < -0.4 is 5.32 Å². The minimum absolute atomic E-state index is 0.288. The molecule has 1 aromatic heterocycles. The summed E-state index contributed by atoms with van der Waals surface area (Å²) in [5.74, 6) is -0.288. The van der Waals surface area contributed by atoms with E-state index in [1.165, 1.54) is 12.1 Å². The maximum Gasteiger partial charge on any atom is 0.125 e. The summed E-state index contributed by atoms with van der Waals surface area (Å²) in [6.07, 6.45) is 1.66. The SMILES string of the molecule is Cc1cc(Nc2ccnc3cc(F)ccc23)ccc1Cl. The predicted molar refractivity (Wildman–Crippen MR) is 81.2 cm³/mol. The molecule has 1 N–H and O–H groups in total. The predicted octanol–water partition coefficient (Wildman–Crippen LogP) is 5.08. The highest BCUT2D eigenvalue weighted by atomic mass is 35.5. The first kappa shape index (κ1) is 12.9. The molecule has 1 heterocycles. The first-order chi connectivity index (χ1) is 9.63. The van der Waals surface area contributed by atoms with Crippen molar-refractivity contribution in [2.75, 3.05) is 5.32 Å². The molecule has 0 bridgehead atoms. The van der Waals surface area contributed by atoms with Gasteiger partial charge in [0.1, 0.15) is 5.82 Å². The third kappa shape index (κ3) is 2.45. The van der Waals surface area contributed by atoms with Crippen molar-refractivity contribution in [3.05, 3.63) is 65.1 Å². The molecule has 4 heteroatoms. The third-order valence-electron chi connectivity index (χ3n) is 3.14. The normalized spacial score (nSPS) is 10.8. The number of benzene rings is 2. The van der Waals surface area contributed by atoms with Gasteiger partial charge in [0, 0.05) is 34.0 Å². The van der Waals surface area contributed by atoms with Crippen molar-refractivity contribution in [1.29, 1.82) is 0 Å². The average molecular weight is 287 g/mol. The van der Waals surface area contributed by atoms with E-state index >= 15 is 0 Å². The Kier molecular flexibility index (Phi) is 3.28. The van der Waals surface area contributed by atoms with Gasteiger partial charge in [0.05, 0.1) is 5.52 Å². The molecule has 0 amide bonds. The van der Waals surface area contributed by atoms with E-state index in [2.05, 4.69) is 10.3 Å². The number of hydrogen-bond acceptors (Lipinski definition) is 2. The van der Waals surface area contributed by atoms with Crippen molar-refractivity contribution < 1.29 is 4.39 Å². The Morgan fingerprint density at radius 2 is 1.95 bits per heavy atom. The van der Waals surface area contributed by atoms with Crippen LogP contribution in [0.1, 0.15) is 5.56 Å². The van der Waals surface area contributed by atoms with Crippen LogP contribution in [0.4, 0.5) is 15.8 Å². The number of halogens is 2. The number of aromatic nitrogens is 1. The molecular formula is C16H12ClFN2. The quantitative estimate of drug-likeness (QED) is 0.710. The molecular weight excluding hydrogens is 275 g/mol. The van der Waals surface area contributed by atoms with Crippen LogP contribution in [0.5, 0.6) is 0 Å². The van der Waals surface area contributed by atoms with Crippen molar-refractivity contribution in [3.8, 4) is 0 Å². The fourth-order valence-electron chi connectivity index (χ4n) is 2.11. The monoisotopic (exact) mass is 286 g/mol. The van der Waals surface area contributed by atoms with Crippen molar-refractivity contribution >= 4 is 33.9 Å². The molecule has 0 saturated carbocycles. The first-order valence-corrected chi connectivity index (χ1v) is 6.59. The van der Waals surface area contributed by atoms with Gasteiger partial charge >= 0.3 is 0 Å². The highest BCUT2D eigenvalue weighted by molar-refractivity contribution is 6.31. The second-order valence-electron chi connectivity index (χ2n) is 4.61. The highest BCUT2D eigenvalue weighted by Gasteiger charge is 2.04. The number of aryl methyl sites for hydroxylation is 1. The van der Waals surface area contributed by atoms with Crippen molar-refractivity contribution in [1.82, 2.24) is 4.98 Å². The highest BCUT2D eigenvalue weighted by Crippen LogP contribution is 2.27. The average Bonchev–Trinajstić information content (AvgIpc) is 2.43. The van der Waals surface area contributed by atoms with Crippen LogP contribution in [0.2, 0.25) is 5.02 Å². The summed E-state index contributed by atoms with van der Waals surface area (Å²) in [6.45, 7) is 1.95. The summed E-state index contributed by atoms with van der Waals surface area (Å²) in [5, 5.41) is 4.92. The third-order valence-corrected chi connectivity index (χ3v) is 3.57. The van der Waals surface area contributed by atoms with Gasteiger partial charge in [-0.3, -0.25) is 4.98 Å².